The average molecular weight is 257 g/mol. The number of thiazole rings is 1. The molecular formula is C12H23N3OS. The molecule has 98 valence electrons. The van der Waals surface area contributed by atoms with E-state index in [9.17, 15) is 0 Å². The highest BCUT2D eigenvalue weighted by atomic mass is 32.1. The van der Waals surface area contributed by atoms with Crippen molar-refractivity contribution in [1.29, 1.82) is 0 Å². The Morgan fingerprint density at radius 1 is 1.47 bits per heavy atom. The summed E-state index contributed by atoms with van der Waals surface area (Å²) in [5, 5.41) is 1.06. The lowest BCUT2D eigenvalue weighted by atomic mass is 10.2. The van der Waals surface area contributed by atoms with Crippen molar-refractivity contribution in [1.82, 2.24) is 4.98 Å². The van der Waals surface area contributed by atoms with Gasteiger partial charge in [-0.25, -0.2) is 4.98 Å². The molecule has 1 aromatic heterocycles. The molecule has 0 spiro atoms. The summed E-state index contributed by atoms with van der Waals surface area (Å²) in [4.78, 5) is 8.06. The molecule has 0 aliphatic rings. The lowest BCUT2D eigenvalue weighted by Crippen LogP contribution is -2.27. The number of hydrogen-bond donors (Lipinski definition) is 1. The minimum absolute atomic E-state index is 0.537. The third-order valence-electron chi connectivity index (χ3n) is 2.47. The zero-order valence-electron chi connectivity index (χ0n) is 11.2. The van der Waals surface area contributed by atoms with Crippen LogP contribution in [0.4, 0.5) is 5.13 Å². The van der Waals surface area contributed by atoms with Gasteiger partial charge in [0.2, 0.25) is 0 Å². The van der Waals surface area contributed by atoms with Crippen molar-refractivity contribution in [2.24, 2.45) is 11.7 Å². The van der Waals surface area contributed by atoms with Gasteiger partial charge in [-0.05, 0) is 12.8 Å². The molecule has 1 aromatic rings. The molecule has 0 unspecified atom stereocenters. The number of ether oxygens (including phenoxy) is 1. The van der Waals surface area contributed by atoms with Crippen molar-refractivity contribution < 1.29 is 4.74 Å². The lowest BCUT2D eigenvalue weighted by Gasteiger charge is -2.21. The summed E-state index contributed by atoms with van der Waals surface area (Å²) in [6.45, 7) is 9.68. The van der Waals surface area contributed by atoms with E-state index >= 15 is 0 Å². The maximum atomic E-state index is 5.73. The topological polar surface area (TPSA) is 51.4 Å². The summed E-state index contributed by atoms with van der Waals surface area (Å²) < 4.78 is 5.15. The van der Waals surface area contributed by atoms with Gasteiger partial charge in [-0.15, -0.1) is 11.3 Å². The molecule has 0 atom stereocenters. The third-order valence-corrected chi connectivity index (χ3v) is 3.65. The second kappa shape index (κ2) is 6.93. The molecule has 0 saturated carbocycles. The number of methoxy groups -OCH3 is 1. The van der Waals surface area contributed by atoms with Crippen LogP contribution >= 0.6 is 11.3 Å². The van der Waals surface area contributed by atoms with Gasteiger partial charge in [0.15, 0.2) is 5.13 Å². The Morgan fingerprint density at radius 3 is 2.65 bits per heavy atom. The molecule has 0 bridgehead atoms. The largest absolute Gasteiger partial charge is 0.378 e. The van der Waals surface area contributed by atoms with Crippen molar-refractivity contribution in [3.63, 3.8) is 0 Å². The number of hydrogen-bond acceptors (Lipinski definition) is 5. The van der Waals surface area contributed by atoms with Crippen molar-refractivity contribution >= 4 is 16.5 Å². The normalized spacial score (nSPS) is 11.2. The Labute approximate surface area is 108 Å². The fourth-order valence-corrected chi connectivity index (χ4v) is 2.71. The average Bonchev–Trinajstić information content (AvgIpc) is 2.69. The van der Waals surface area contributed by atoms with Crippen LogP contribution < -0.4 is 10.6 Å². The highest BCUT2D eigenvalue weighted by Crippen LogP contribution is 2.27. The van der Waals surface area contributed by atoms with Crippen molar-refractivity contribution in [3.8, 4) is 0 Å². The van der Waals surface area contributed by atoms with Gasteiger partial charge < -0.3 is 15.4 Å². The quantitative estimate of drug-likeness (QED) is 0.814. The first-order valence-electron chi connectivity index (χ1n) is 6.04. The van der Waals surface area contributed by atoms with E-state index in [1.54, 1.807) is 18.4 Å². The standard InChI is InChI=1S/C12H23N3OS/c1-5-15(7-9(2)3)12-14-10(8-16-4)11(6-13)17-12/h9H,5-8,13H2,1-4H3. The molecule has 0 amide bonds. The number of anilines is 1. The van der Waals surface area contributed by atoms with Crippen LogP contribution in [0.3, 0.4) is 0 Å². The van der Waals surface area contributed by atoms with Crippen LogP contribution in [0, 0.1) is 5.92 Å². The van der Waals surface area contributed by atoms with Crippen LogP contribution in [-0.2, 0) is 17.9 Å². The van der Waals surface area contributed by atoms with Crippen molar-refractivity contribution in [2.45, 2.75) is 33.9 Å². The summed E-state index contributed by atoms with van der Waals surface area (Å²) in [7, 11) is 1.69. The summed E-state index contributed by atoms with van der Waals surface area (Å²) in [5.74, 6) is 0.631. The van der Waals surface area contributed by atoms with Crippen LogP contribution in [0.5, 0.6) is 0 Å². The molecule has 0 aromatic carbocycles. The van der Waals surface area contributed by atoms with E-state index in [0.29, 0.717) is 19.1 Å². The van der Waals surface area contributed by atoms with Gasteiger partial charge in [-0.2, -0.15) is 0 Å². The molecule has 0 radical (unpaired) electrons. The maximum Gasteiger partial charge on any atom is 0.185 e. The summed E-state index contributed by atoms with van der Waals surface area (Å²) in [6.07, 6.45) is 0. The minimum atomic E-state index is 0.537. The smallest absolute Gasteiger partial charge is 0.185 e. The Morgan fingerprint density at radius 2 is 2.18 bits per heavy atom. The van der Waals surface area contributed by atoms with E-state index in [-0.39, 0.29) is 0 Å². The van der Waals surface area contributed by atoms with Gasteiger partial charge in [0.25, 0.3) is 0 Å². The molecule has 4 nitrogen and oxygen atoms in total. The van der Waals surface area contributed by atoms with E-state index in [1.807, 2.05) is 0 Å². The zero-order chi connectivity index (χ0) is 12.8. The zero-order valence-corrected chi connectivity index (χ0v) is 12.0. The molecule has 2 N–H and O–H groups in total. The van der Waals surface area contributed by atoms with E-state index in [2.05, 4.69) is 30.7 Å². The van der Waals surface area contributed by atoms with Crippen LogP contribution in [-0.4, -0.2) is 25.2 Å². The Hall–Kier alpha value is -0.650. The Kier molecular flexibility index (Phi) is 5.88. The van der Waals surface area contributed by atoms with Crippen LogP contribution in [0.25, 0.3) is 0 Å². The van der Waals surface area contributed by atoms with E-state index in [4.69, 9.17) is 10.5 Å². The monoisotopic (exact) mass is 257 g/mol. The van der Waals surface area contributed by atoms with Crippen molar-refractivity contribution in [3.05, 3.63) is 10.6 Å². The summed E-state index contributed by atoms with van der Waals surface area (Å²) >= 11 is 1.68. The predicted octanol–water partition coefficient (Wildman–Crippen LogP) is 2.23. The fourth-order valence-electron chi connectivity index (χ4n) is 1.70. The molecule has 17 heavy (non-hydrogen) atoms. The Bertz CT molecular complexity index is 338. The lowest BCUT2D eigenvalue weighted by molar-refractivity contribution is 0.181. The maximum absolute atomic E-state index is 5.73. The van der Waals surface area contributed by atoms with Gasteiger partial charge in [0.05, 0.1) is 12.3 Å². The van der Waals surface area contributed by atoms with E-state index < -0.39 is 0 Å². The highest BCUT2D eigenvalue weighted by Gasteiger charge is 2.15. The third kappa shape index (κ3) is 3.94. The molecule has 1 rings (SSSR count). The number of nitrogens with two attached hydrogens (primary N) is 1. The molecule has 1 heterocycles. The second-order valence-corrected chi connectivity index (χ2v) is 5.50. The molecule has 0 fully saturated rings. The molecule has 5 heteroatoms. The number of rotatable bonds is 7. The van der Waals surface area contributed by atoms with Gasteiger partial charge in [-0.3, -0.25) is 0 Å². The highest BCUT2D eigenvalue weighted by molar-refractivity contribution is 7.15. The van der Waals surface area contributed by atoms with Gasteiger partial charge in [0, 0.05) is 31.6 Å². The molecular weight excluding hydrogens is 234 g/mol. The SMILES string of the molecule is CCN(CC(C)C)c1nc(COC)c(CN)s1. The Balaban J connectivity index is 2.88. The van der Waals surface area contributed by atoms with Crippen LogP contribution in [0.2, 0.25) is 0 Å². The van der Waals surface area contributed by atoms with Crippen LogP contribution in [0.1, 0.15) is 31.3 Å². The molecule has 0 saturated heterocycles. The first-order chi connectivity index (χ1) is 8.12. The number of nitrogens with zero attached hydrogens (tertiary/aromatic N) is 2. The first kappa shape index (κ1) is 14.4. The van der Waals surface area contributed by atoms with E-state index in [0.717, 1.165) is 28.8 Å². The minimum Gasteiger partial charge on any atom is -0.378 e. The first-order valence-corrected chi connectivity index (χ1v) is 6.86. The van der Waals surface area contributed by atoms with Gasteiger partial charge in [0.1, 0.15) is 0 Å². The van der Waals surface area contributed by atoms with Gasteiger partial charge >= 0.3 is 0 Å². The van der Waals surface area contributed by atoms with Crippen LogP contribution in [0.15, 0.2) is 0 Å². The molecule has 0 aliphatic heterocycles. The van der Waals surface area contributed by atoms with Crippen molar-refractivity contribution in [2.75, 3.05) is 25.1 Å². The second-order valence-electron chi connectivity index (χ2n) is 4.44. The predicted molar refractivity (Wildman–Crippen MR) is 73.4 cm³/mol. The fraction of sp³-hybridized carbons (Fsp3) is 0.750. The van der Waals surface area contributed by atoms with E-state index in [1.165, 1.54) is 0 Å². The molecule has 0 aliphatic carbocycles. The summed E-state index contributed by atoms with van der Waals surface area (Å²) in [5.41, 5.74) is 6.72. The summed E-state index contributed by atoms with van der Waals surface area (Å²) in [6, 6.07) is 0. The number of aromatic nitrogens is 1. The van der Waals surface area contributed by atoms with Gasteiger partial charge in [-0.1, -0.05) is 13.8 Å².